The van der Waals surface area contributed by atoms with Crippen LogP contribution in [-0.4, -0.2) is 0 Å². The number of rotatable bonds is 1. The lowest BCUT2D eigenvalue weighted by Crippen LogP contribution is -1.35. The molecule has 0 spiro atoms. The maximum absolute atomic E-state index is 9.72. The van der Waals surface area contributed by atoms with E-state index in [1.165, 1.54) is 11.3 Å². The summed E-state index contributed by atoms with van der Waals surface area (Å²) >= 11 is 6.63. The van der Waals surface area contributed by atoms with Gasteiger partial charge in [-0.2, -0.15) is 0 Å². The van der Waals surface area contributed by atoms with Gasteiger partial charge in [0.2, 0.25) is 0 Å². The molecule has 0 fully saturated rings. The van der Waals surface area contributed by atoms with Gasteiger partial charge < -0.3 is 0 Å². The van der Waals surface area contributed by atoms with E-state index in [1.807, 2.05) is 0 Å². The Balaban J connectivity index is 3.00. The lowest BCUT2D eigenvalue weighted by molar-refractivity contribution is 1.60. The monoisotopic (exact) mass is 147 g/mol. The van der Waals surface area contributed by atoms with Crippen LogP contribution in [0.2, 0.25) is 4.34 Å². The van der Waals surface area contributed by atoms with Gasteiger partial charge in [-0.05, 0) is 17.3 Å². The van der Waals surface area contributed by atoms with Crippen LogP contribution in [0.25, 0.3) is 0 Å². The first-order chi connectivity index (χ1) is 3.83. The van der Waals surface area contributed by atoms with Crippen LogP contribution in [0.3, 0.4) is 0 Å². The van der Waals surface area contributed by atoms with Crippen LogP contribution >= 0.6 is 22.9 Å². The van der Waals surface area contributed by atoms with E-state index in [0.717, 1.165) is 0 Å². The zero-order valence-corrected chi connectivity index (χ0v) is 5.37. The highest BCUT2D eigenvalue weighted by Gasteiger charge is 1.93. The van der Waals surface area contributed by atoms with Crippen molar-refractivity contribution in [2.75, 3.05) is 0 Å². The van der Waals surface area contributed by atoms with Crippen molar-refractivity contribution in [3.05, 3.63) is 21.4 Å². The average Bonchev–Trinajstić information content (AvgIpc) is 2.14. The Morgan fingerprint density at radius 3 is 2.62 bits per heavy atom. The first-order valence-electron chi connectivity index (χ1n) is 1.91. The fourth-order valence-corrected chi connectivity index (χ4v) is 1.16. The van der Waals surface area contributed by atoms with Gasteiger partial charge in [-0.25, -0.2) is 0 Å². The van der Waals surface area contributed by atoms with Crippen molar-refractivity contribution in [1.29, 1.82) is 0 Å². The zero-order chi connectivity index (χ0) is 5.98. The van der Waals surface area contributed by atoms with Gasteiger partial charge in [0, 0.05) is 0 Å². The van der Waals surface area contributed by atoms with E-state index in [4.69, 9.17) is 11.6 Å². The molecule has 0 aliphatic carbocycles. The van der Waals surface area contributed by atoms with Gasteiger partial charge in [0.25, 0.3) is 0 Å². The van der Waals surface area contributed by atoms with Gasteiger partial charge in [0.05, 0.1) is 4.34 Å². The molecule has 0 bridgehead atoms. The molecule has 0 unspecified atom stereocenters. The van der Waals surface area contributed by atoms with E-state index >= 15 is 0 Å². The van der Waals surface area contributed by atoms with Gasteiger partial charge >= 0.3 is 0 Å². The molecule has 0 saturated carbocycles. The first-order valence-corrected chi connectivity index (χ1v) is 3.11. The quantitative estimate of drug-likeness (QED) is 0.562. The van der Waals surface area contributed by atoms with Gasteiger partial charge in [-0.3, -0.25) is 0 Å². The molecule has 0 N–H and O–H groups in total. The van der Waals surface area contributed by atoms with E-state index in [1.54, 1.807) is 12.1 Å². The van der Waals surface area contributed by atoms with Gasteiger partial charge in [0.15, 0.2) is 5.00 Å². The molecule has 0 aliphatic rings. The average molecular weight is 148 g/mol. The molecule has 1 heterocycles. The van der Waals surface area contributed by atoms with Crippen molar-refractivity contribution in [2.24, 2.45) is 5.18 Å². The summed E-state index contributed by atoms with van der Waals surface area (Å²) in [6.45, 7) is 0. The number of halogens is 1. The lowest BCUT2D eigenvalue weighted by Gasteiger charge is -1.68. The van der Waals surface area contributed by atoms with Crippen LogP contribution in [0, 0.1) is 4.91 Å². The number of nitrogens with zero attached hydrogens (tertiary/aromatic N) is 1. The summed E-state index contributed by atoms with van der Waals surface area (Å²) in [6.07, 6.45) is 0. The summed E-state index contributed by atoms with van der Waals surface area (Å²) in [7, 11) is 0. The lowest BCUT2D eigenvalue weighted by atomic mass is 10.6. The minimum absolute atomic E-state index is 0.426. The maximum Gasteiger partial charge on any atom is 0.162 e. The molecule has 2 nitrogen and oxygen atoms in total. The summed E-state index contributed by atoms with van der Waals surface area (Å²) in [5.74, 6) is 0. The molecule has 42 valence electrons. The van der Waals surface area contributed by atoms with E-state index in [2.05, 4.69) is 5.18 Å². The molecule has 4 heteroatoms. The second-order valence-electron chi connectivity index (χ2n) is 1.17. The van der Waals surface area contributed by atoms with E-state index in [0.29, 0.717) is 9.34 Å². The van der Waals surface area contributed by atoms with Crippen molar-refractivity contribution in [3.8, 4) is 0 Å². The van der Waals surface area contributed by atoms with E-state index < -0.39 is 0 Å². The molecule has 1 aromatic rings. The largest absolute Gasteiger partial charge is 0.162 e. The summed E-state index contributed by atoms with van der Waals surface area (Å²) in [5, 5.41) is 3.10. The van der Waals surface area contributed by atoms with Gasteiger partial charge in [-0.1, -0.05) is 11.6 Å². The number of thiophene rings is 1. The summed E-state index contributed by atoms with van der Waals surface area (Å²) in [4.78, 5) is 9.72. The Bertz CT molecular complexity index is 198. The third-order valence-electron chi connectivity index (χ3n) is 0.649. The number of hydrogen-bond donors (Lipinski definition) is 0. The molecule has 0 radical (unpaired) electrons. The highest BCUT2D eigenvalue weighted by molar-refractivity contribution is 7.19. The van der Waals surface area contributed by atoms with Crippen molar-refractivity contribution in [2.45, 2.75) is 0 Å². The third-order valence-corrected chi connectivity index (χ3v) is 1.76. The van der Waals surface area contributed by atoms with Crippen molar-refractivity contribution in [3.63, 3.8) is 0 Å². The molecule has 8 heavy (non-hydrogen) atoms. The van der Waals surface area contributed by atoms with Gasteiger partial charge in [0.1, 0.15) is 0 Å². The Kier molecular flexibility index (Phi) is 1.60. The smallest absolute Gasteiger partial charge is 0.144 e. The first kappa shape index (κ1) is 5.72. The van der Waals surface area contributed by atoms with Crippen LogP contribution in [0.4, 0.5) is 5.00 Å². The number of hydrogen-bond acceptors (Lipinski definition) is 3. The minimum atomic E-state index is 0.426. The molecule has 0 saturated heterocycles. The molecular formula is C4H2ClNOS. The predicted molar refractivity (Wildman–Crippen MR) is 34.8 cm³/mol. The second kappa shape index (κ2) is 2.24. The fraction of sp³-hybridized carbons (Fsp3) is 0. The molecule has 0 amide bonds. The molecule has 1 aromatic heterocycles. The third kappa shape index (κ3) is 1.05. The van der Waals surface area contributed by atoms with Crippen LogP contribution in [-0.2, 0) is 0 Å². The molecule has 1 rings (SSSR count). The van der Waals surface area contributed by atoms with Crippen LogP contribution < -0.4 is 0 Å². The zero-order valence-electron chi connectivity index (χ0n) is 3.80. The highest BCUT2D eigenvalue weighted by Crippen LogP contribution is 2.27. The van der Waals surface area contributed by atoms with E-state index in [-0.39, 0.29) is 0 Å². The molecular weight excluding hydrogens is 146 g/mol. The Morgan fingerprint density at radius 2 is 2.38 bits per heavy atom. The van der Waals surface area contributed by atoms with Crippen molar-refractivity contribution in [1.82, 2.24) is 0 Å². The van der Waals surface area contributed by atoms with Crippen molar-refractivity contribution >= 4 is 27.9 Å². The standard InChI is InChI=1S/C4H2ClNOS/c5-3-1-2-4(6-7)8-3/h1-2H. The SMILES string of the molecule is O=Nc1ccc(Cl)s1. The minimum Gasteiger partial charge on any atom is -0.144 e. The molecule has 0 atom stereocenters. The number of nitroso groups, excluding NO2 is 1. The fourth-order valence-electron chi connectivity index (χ4n) is 0.354. The molecule has 0 aromatic carbocycles. The Hall–Kier alpha value is -0.410. The molecule has 0 aliphatic heterocycles. The van der Waals surface area contributed by atoms with E-state index in [9.17, 15) is 4.91 Å². The Morgan fingerprint density at radius 1 is 1.62 bits per heavy atom. The highest BCUT2D eigenvalue weighted by atomic mass is 35.5. The summed E-state index contributed by atoms with van der Waals surface area (Å²) in [5.41, 5.74) is 0. The normalized spacial score (nSPS) is 9.12. The maximum atomic E-state index is 9.72. The van der Waals surface area contributed by atoms with Crippen LogP contribution in [0.15, 0.2) is 17.3 Å². The van der Waals surface area contributed by atoms with Crippen molar-refractivity contribution < 1.29 is 0 Å². The van der Waals surface area contributed by atoms with Crippen LogP contribution in [0.5, 0.6) is 0 Å². The summed E-state index contributed by atoms with van der Waals surface area (Å²) < 4.78 is 0.597. The van der Waals surface area contributed by atoms with Crippen LogP contribution in [0.1, 0.15) is 0 Å². The topological polar surface area (TPSA) is 29.4 Å². The Labute approximate surface area is 55.1 Å². The predicted octanol–water partition coefficient (Wildman–Crippen LogP) is 2.80. The summed E-state index contributed by atoms with van der Waals surface area (Å²) in [6, 6.07) is 3.23. The second-order valence-corrected chi connectivity index (χ2v) is 2.86. The van der Waals surface area contributed by atoms with Gasteiger partial charge in [-0.15, -0.1) is 16.2 Å².